The van der Waals surface area contributed by atoms with Crippen LogP contribution in [0, 0.1) is 11.6 Å². The van der Waals surface area contributed by atoms with Crippen LogP contribution in [-0.2, 0) is 10.3 Å². The molecule has 4 heteroatoms. The molecule has 0 radical (unpaired) electrons. The van der Waals surface area contributed by atoms with Crippen LogP contribution in [0.4, 0.5) is 8.78 Å². The Balaban J connectivity index is 3.17. The molecule has 2 nitrogen and oxygen atoms in total. The normalized spacial score (nSPS) is 15.0. The summed E-state index contributed by atoms with van der Waals surface area (Å²) >= 11 is 0. The van der Waals surface area contributed by atoms with Gasteiger partial charge < -0.3 is 10.5 Å². The maximum absolute atomic E-state index is 13.5. The first-order chi connectivity index (χ1) is 7.05. The molecule has 84 valence electrons. The lowest BCUT2D eigenvalue weighted by Crippen LogP contribution is -2.41. The van der Waals surface area contributed by atoms with Crippen molar-refractivity contribution in [1.82, 2.24) is 0 Å². The number of halogens is 2. The largest absolute Gasteiger partial charge is 0.382 e. The van der Waals surface area contributed by atoms with Crippen molar-refractivity contribution in [2.24, 2.45) is 5.73 Å². The SMILES string of the molecule is CCC(N)(COC)c1cccc(F)c1F. The van der Waals surface area contributed by atoms with Gasteiger partial charge in [0.05, 0.1) is 12.1 Å². The second-order valence-electron chi connectivity index (χ2n) is 3.54. The minimum Gasteiger partial charge on any atom is -0.382 e. The Morgan fingerprint density at radius 2 is 2.07 bits per heavy atom. The number of benzene rings is 1. The number of ether oxygens (including phenoxy) is 1. The molecule has 0 aliphatic rings. The fourth-order valence-electron chi connectivity index (χ4n) is 1.52. The van der Waals surface area contributed by atoms with Gasteiger partial charge >= 0.3 is 0 Å². The summed E-state index contributed by atoms with van der Waals surface area (Å²) in [6.45, 7) is 1.97. The first-order valence-electron chi connectivity index (χ1n) is 4.77. The molecule has 1 aromatic rings. The summed E-state index contributed by atoms with van der Waals surface area (Å²) in [5.74, 6) is -1.77. The molecule has 0 saturated carbocycles. The van der Waals surface area contributed by atoms with Gasteiger partial charge in [-0.3, -0.25) is 0 Å². The predicted octanol–water partition coefficient (Wildman–Crippen LogP) is 2.18. The zero-order chi connectivity index (χ0) is 11.5. The highest BCUT2D eigenvalue weighted by molar-refractivity contribution is 5.27. The topological polar surface area (TPSA) is 35.2 Å². The second-order valence-corrected chi connectivity index (χ2v) is 3.54. The molecule has 1 atom stereocenters. The van der Waals surface area contributed by atoms with Crippen molar-refractivity contribution in [2.45, 2.75) is 18.9 Å². The average Bonchev–Trinajstić information content (AvgIpc) is 2.22. The third-order valence-electron chi connectivity index (χ3n) is 2.52. The van der Waals surface area contributed by atoms with Crippen LogP contribution >= 0.6 is 0 Å². The lowest BCUT2D eigenvalue weighted by atomic mass is 9.88. The van der Waals surface area contributed by atoms with Crippen molar-refractivity contribution in [3.8, 4) is 0 Å². The van der Waals surface area contributed by atoms with E-state index >= 15 is 0 Å². The lowest BCUT2D eigenvalue weighted by molar-refractivity contribution is 0.126. The Hall–Kier alpha value is -1.00. The number of nitrogens with two attached hydrogens (primary N) is 1. The highest BCUT2D eigenvalue weighted by atomic mass is 19.2. The minimum atomic E-state index is -0.971. The molecule has 0 fully saturated rings. The molecule has 0 heterocycles. The fraction of sp³-hybridized carbons (Fsp3) is 0.455. The monoisotopic (exact) mass is 215 g/mol. The molecule has 1 unspecified atom stereocenters. The van der Waals surface area contributed by atoms with Crippen LogP contribution in [-0.4, -0.2) is 13.7 Å². The van der Waals surface area contributed by atoms with Gasteiger partial charge in [0.15, 0.2) is 11.6 Å². The van der Waals surface area contributed by atoms with E-state index in [1.165, 1.54) is 19.2 Å². The third kappa shape index (κ3) is 2.33. The van der Waals surface area contributed by atoms with E-state index in [9.17, 15) is 8.78 Å². The van der Waals surface area contributed by atoms with E-state index in [1.807, 2.05) is 6.92 Å². The number of hydrogen-bond acceptors (Lipinski definition) is 2. The van der Waals surface area contributed by atoms with Gasteiger partial charge in [0.1, 0.15) is 0 Å². The van der Waals surface area contributed by atoms with Crippen molar-refractivity contribution in [2.75, 3.05) is 13.7 Å². The second kappa shape index (κ2) is 4.68. The summed E-state index contributed by atoms with van der Waals surface area (Å²) in [4.78, 5) is 0. The lowest BCUT2D eigenvalue weighted by Gasteiger charge is -2.28. The zero-order valence-corrected chi connectivity index (χ0v) is 8.89. The van der Waals surface area contributed by atoms with E-state index in [0.29, 0.717) is 6.42 Å². The third-order valence-corrected chi connectivity index (χ3v) is 2.52. The van der Waals surface area contributed by atoms with Crippen molar-refractivity contribution in [3.63, 3.8) is 0 Å². The van der Waals surface area contributed by atoms with Crippen LogP contribution in [0.1, 0.15) is 18.9 Å². The van der Waals surface area contributed by atoms with Crippen LogP contribution in [0.2, 0.25) is 0 Å². The molecular weight excluding hydrogens is 200 g/mol. The van der Waals surface area contributed by atoms with Gasteiger partial charge in [-0.2, -0.15) is 0 Å². The van der Waals surface area contributed by atoms with Crippen molar-refractivity contribution < 1.29 is 13.5 Å². The summed E-state index contributed by atoms with van der Waals surface area (Å²) in [6, 6.07) is 4.00. The summed E-state index contributed by atoms with van der Waals surface area (Å²) in [5.41, 5.74) is 5.16. The van der Waals surface area contributed by atoms with E-state index in [-0.39, 0.29) is 12.2 Å². The molecule has 1 rings (SSSR count). The first kappa shape index (κ1) is 12.1. The van der Waals surface area contributed by atoms with E-state index in [4.69, 9.17) is 10.5 Å². The molecule has 15 heavy (non-hydrogen) atoms. The Kier molecular flexibility index (Phi) is 3.77. The molecule has 0 aliphatic heterocycles. The number of rotatable bonds is 4. The van der Waals surface area contributed by atoms with Crippen molar-refractivity contribution >= 4 is 0 Å². The predicted molar refractivity (Wildman–Crippen MR) is 54.4 cm³/mol. The summed E-state index contributed by atoms with van der Waals surface area (Å²) in [6.07, 6.45) is 0.473. The maximum Gasteiger partial charge on any atom is 0.163 e. The number of methoxy groups -OCH3 is 1. The Labute approximate surface area is 88.0 Å². The summed E-state index contributed by atoms with van der Waals surface area (Å²) in [7, 11) is 1.48. The molecule has 0 aliphatic carbocycles. The van der Waals surface area contributed by atoms with E-state index < -0.39 is 17.2 Å². The molecule has 0 bridgehead atoms. The Bertz CT molecular complexity index is 343. The van der Waals surface area contributed by atoms with Crippen LogP contribution in [0.15, 0.2) is 18.2 Å². The molecule has 2 N–H and O–H groups in total. The van der Waals surface area contributed by atoms with Gasteiger partial charge in [0, 0.05) is 12.7 Å². The fourth-order valence-corrected chi connectivity index (χ4v) is 1.52. The van der Waals surface area contributed by atoms with Gasteiger partial charge in [-0.1, -0.05) is 19.1 Å². The summed E-state index contributed by atoms with van der Waals surface area (Å²) < 4.78 is 31.4. The first-order valence-corrected chi connectivity index (χ1v) is 4.77. The molecular formula is C11H15F2NO. The number of hydrogen-bond donors (Lipinski definition) is 1. The Morgan fingerprint density at radius 3 is 2.60 bits per heavy atom. The highest BCUT2D eigenvalue weighted by Crippen LogP contribution is 2.26. The highest BCUT2D eigenvalue weighted by Gasteiger charge is 2.29. The van der Waals surface area contributed by atoms with E-state index in [1.54, 1.807) is 0 Å². The van der Waals surface area contributed by atoms with Crippen LogP contribution < -0.4 is 5.73 Å². The van der Waals surface area contributed by atoms with Crippen LogP contribution in [0.3, 0.4) is 0 Å². The molecule has 0 spiro atoms. The smallest absolute Gasteiger partial charge is 0.163 e. The Morgan fingerprint density at radius 1 is 1.40 bits per heavy atom. The molecule has 0 saturated heterocycles. The van der Waals surface area contributed by atoms with Gasteiger partial charge in [0.25, 0.3) is 0 Å². The standard InChI is InChI=1S/C11H15F2NO/c1-3-11(14,7-15-2)8-5-4-6-9(12)10(8)13/h4-6H,3,7,14H2,1-2H3. The molecule has 0 aromatic heterocycles. The maximum atomic E-state index is 13.5. The molecule has 0 amide bonds. The van der Waals surface area contributed by atoms with Crippen LogP contribution in [0.25, 0.3) is 0 Å². The van der Waals surface area contributed by atoms with Gasteiger partial charge in [-0.25, -0.2) is 8.78 Å². The van der Waals surface area contributed by atoms with Gasteiger partial charge in [-0.05, 0) is 12.5 Å². The molecule has 1 aromatic carbocycles. The quantitative estimate of drug-likeness (QED) is 0.835. The van der Waals surface area contributed by atoms with Crippen molar-refractivity contribution in [3.05, 3.63) is 35.4 Å². The minimum absolute atomic E-state index is 0.157. The summed E-state index contributed by atoms with van der Waals surface area (Å²) in [5, 5.41) is 0. The van der Waals surface area contributed by atoms with Gasteiger partial charge in [-0.15, -0.1) is 0 Å². The zero-order valence-electron chi connectivity index (χ0n) is 8.89. The van der Waals surface area contributed by atoms with E-state index in [2.05, 4.69) is 0 Å². The van der Waals surface area contributed by atoms with Gasteiger partial charge in [0.2, 0.25) is 0 Å². The van der Waals surface area contributed by atoms with E-state index in [0.717, 1.165) is 6.07 Å². The van der Waals surface area contributed by atoms with Crippen molar-refractivity contribution in [1.29, 1.82) is 0 Å². The van der Waals surface area contributed by atoms with Crippen LogP contribution in [0.5, 0.6) is 0 Å². The average molecular weight is 215 g/mol.